The molecule has 0 amide bonds. The quantitative estimate of drug-likeness (QED) is 0.376. The van der Waals surface area contributed by atoms with Crippen LogP contribution in [0, 0.1) is 5.82 Å². The lowest BCUT2D eigenvalue weighted by molar-refractivity contribution is -0.136. The summed E-state index contributed by atoms with van der Waals surface area (Å²) >= 11 is 0. The molecular formula is C26H24FNO4. The average molecular weight is 433 g/mol. The number of nitrogens with zero attached hydrogens (tertiary/aromatic N) is 1. The third-order valence-electron chi connectivity index (χ3n) is 5.07. The number of aliphatic carboxylic acids is 1. The highest BCUT2D eigenvalue weighted by molar-refractivity contribution is 5.83. The van der Waals surface area contributed by atoms with Crippen molar-refractivity contribution in [2.24, 2.45) is 0 Å². The van der Waals surface area contributed by atoms with E-state index < -0.39 is 5.97 Å². The fourth-order valence-electron chi connectivity index (χ4n) is 3.16. The second-order valence-corrected chi connectivity index (χ2v) is 7.72. The standard InChI is InChI=1S/C23H18FNO4.C3H6/c1-28-17-6-7-19(24)18(12-17)16-5-8-20(25-13-16)22-11-15-4-2-14(3-9-23(26)27)10-21(15)29-22;1-2-3-1/h2,4-8,10-13H,3,9H2,1H3,(H,26,27);1-3H2. The van der Waals surface area contributed by atoms with Crippen molar-refractivity contribution in [2.75, 3.05) is 7.11 Å². The van der Waals surface area contributed by atoms with Crippen LogP contribution in [0.5, 0.6) is 5.75 Å². The maximum atomic E-state index is 14.2. The Kier molecular flexibility index (Phi) is 6.50. The number of carboxylic acids is 1. The van der Waals surface area contributed by atoms with Gasteiger partial charge in [-0.15, -0.1) is 0 Å². The minimum Gasteiger partial charge on any atom is -0.497 e. The van der Waals surface area contributed by atoms with Crippen molar-refractivity contribution in [2.45, 2.75) is 32.1 Å². The second-order valence-electron chi connectivity index (χ2n) is 7.72. The Bertz CT molecular complexity index is 1230. The van der Waals surface area contributed by atoms with Gasteiger partial charge in [0, 0.05) is 29.1 Å². The number of methoxy groups -OCH3 is 1. The van der Waals surface area contributed by atoms with Gasteiger partial charge in [-0.2, -0.15) is 0 Å². The SMILES string of the molecule is C1CC1.COc1ccc(F)c(-c2ccc(-c3cc4ccc(CCC(=O)O)cc4o3)nc2)c1. The van der Waals surface area contributed by atoms with Crippen molar-refractivity contribution in [3.63, 3.8) is 0 Å². The molecule has 0 atom stereocenters. The number of aromatic nitrogens is 1. The summed E-state index contributed by atoms with van der Waals surface area (Å²) in [7, 11) is 1.53. The van der Waals surface area contributed by atoms with Gasteiger partial charge in [-0.25, -0.2) is 4.39 Å². The molecule has 0 radical (unpaired) electrons. The molecule has 0 spiro atoms. The van der Waals surface area contributed by atoms with Gasteiger partial charge in [0.1, 0.15) is 22.8 Å². The monoisotopic (exact) mass is 433 g/mol. The predicted octanol–water partition coefficient (Wildman–Crippen LogP) is 6.50. The Morgan fingerprint density at radius 3 is 2.56 bits per heavy atom. The first-order chi connectivity index (χ1) is 15.5. The van der Waals surface area contributed by atoms with Gasteiger partial charge in [-0.3, -0.25) is 9.78 Å². The molecule has 1 N–H and O–H groups in total. The van der Waals surface area contributed by atoms with E-state index in [4.69, 9.17) is 14.3 Å². The zero-order chi connectivity index (χ0) is 22.5. The molecule has 0 saturated heterocycles. The topological polar surface area (TPSA) is 72.6 Å². The number of hydrogen-bond donors (Lipinski definition) is 1. The molecule has 2 aromatic carbocycles. The summed E-state index contributed by atoms with van der Waals surface area (Å²) in [5.74, 6) is -0.0190. The van der Waals surface area contributed by atoms with Crippen molar-refractivity contribution in [3.8, 4) is 28.3 Å². The van der Waals surface area contributed by atoms with E-state index in [2.05, 4.69) is 4.98 Å². The number of halogens is 1. The lowest BCUT2D eigenvalue weighted by atomic mass is 10.1. The maximum Gasteiger partial charge on any atom is 0.303 e. The Morgan fingerprint density at radius 2 is 1.91 bits per heavy atom. The van der Waals surface area contributed by atoms with Crippen LogP contribution >= 0.6 is 0 Å². The van der Waals surface area contributed by atoms with Gasteiger partial charge in [0.25, 0.3) is 0 Å². The summed E-state index contributed by atoms with van der Waals surface area (Å²) in [6, 6.07) is 15.6. The Labute approximate surface area is 185 Å². The molecule has 4 aromatic rings. The molecule has 6 heteroatoms. The molecule has 5 nitrogen and oxygen atoms in total. The third-order valence-corrected chi connectivity index (χ3v) is 5.07. The number of carbonyl (C=O) groups is 1. The van der Waals surface area contributed by atoms with Crippen LogP contribution in [0.3, 0.4) is 0 Å². The Balaban J connectivity index is 0.000000754. The van der Waals surface area contributed by atoms with Crippen molar-refractivity contribution in [1.82, 2.24) is 4.98 Å². The van der Waals surface area contributed by atoms with E-state index in [-0.39, 0.29) is 12.2 Å². The average Bonchev–Trinajstić information content (AvgIpc) is 3.63. The molecule has 0 aliphatic heterocycles. The summed E-state index contributed by atoms with van der Waals surface area (Å²) in [5.41, 5.74) is 3.25. The van der Waals surface area contributed by atoms with Gasteiger partial charge in [0.15, 0.2) is 5.76 Å². The molecule has 2 heterocycles. The van der Waals surface area contributed by atoms with E-state index in [1.54, 1.807) is 30.5 Å². The number of aryl methyl sites for hydroxylation is 1. The van der Waals surface area contributed by atoms with Gasteiger partial charge >= 0.3 is 5.97 Å². The van der Waals surface area contributed by atoms with E-state index in [0.717, 1.165) is 10.9 Å². The number of pyridine rings is 1. The largest absolute Gasteiger partial charge is 0.497 e. The molecule has 2 aromatic heterocycles. The van der Waals surface area contributed by atoms with Crippen LogP contribution in [0.1, 0.15) is 31.2 Å². The van der Waals surface area contributed by atoms with Crippen LogP contribution in [0.25, 0.3) is 33.6 Å². The van der Waals surface area contributed by atoms with Gasteiger partial charge in [0.2, 0.25) is 0 Å². The predicted molar refractivity (Wildman–Crippen MR) is 121 cm³/mol. The first-order valence-electron chi connectivity index (χ1n) is 10.6. The molecule has 1 saturated carbocycles. The zero-order valence-electron chi connectivity index (χ0n) is 17.8. The van der Waals surface area contributed by atoms with Crippen molar-refractivity contribution < 1.29 is 23.4 Å². The fourth-order valence-corrected chi connectivity index (χ4v) is 3.16. The highest BCUT2D eigenvalue weighted by atomic mass is 19.1. The van der Waals surface area contributed by atoms with E-state index in [9.17, 15) is 9.18 Å². The first-order valence-corrected chi connectivity index (χ1v) is 10.6. The third kappa shape index (κ3) is 5.32. The second kappa shape index (κ2) is 9.64. The molecule has 164 valence electrons. The number of fused-ring (bicyclic) bond motifs is 1. The van der Waals surface area contributed by atoms with Crippen molar-refractivity contribution in [3.05, 3.63) is 72.2 Å². The number of carboxylic acid groups (broad SMARTS) is 1. The van der Waals surface area contributed by atoms with E-state index in [1.165, 1.54) is 32.4 Å². The summed E-state index contributed by atoms with van der Waals surface area (Å²) < 4.78 is 25.2. The Hall–Kier alpha value is -3.67. The molecule has 32 heavy (non-hydrogen) atoms. The molecule has 5 rings (SSSR count). The molecular weight excluding hydrogens is 409 g/mol. The lowest BCUT2D eigenvalue weighted by Gasteiger charge is -2.06. The lowest BCUT2D eigenvalue weighted by Crippen LogP contribution is -1.96. The van der Waals surface area contributed by atoms with Crippen LogP contribution in [0.15, 0.2) is 65.2 Å². The van der Waals surface area contributed by atoms with Crippen LogP contribution in [-0.4, -0.2) is 23.2 Å². The minimum atomic E-state index is -0.831. The normalized spacial score (nSPS) is 12.2. The van der Waals surface area contributed by atoms with Gasteiger partial charge in [0.05, 0.1) is 7.11 Å². The van der Waals surface area contributed by atoms with Crippen molar-refractivity contribution in [1.29, 1.82) is 0 Å². The van der Waals surface area contributed by atoms with E-state index >= 15 is 0 Å². The molecule has 0 unspecified atom stereocenters. The van der Waals surface area contributed by atoms with Crippen LogP contribution in [-0.2, 0) is 11.2 Å². The van der Waals surface area contributed by atoms with Crippen molar-refractivity contribution >= 4 is 16.9 Å². The smallest absolute Gasteiger partial charge is 0.303 e. The highest BCUT2D eigenvalue weighted by Gasteiger charge is 2.11. The number of hydrogen-bond acceptors (Lipinski definition) is 4. The minimum absolute atomic E-state index is 0.0723. The van der Waals surface area contributed by atoms with Gasteiger partial charge in [-0.1, -0.05) is 37.5 Å². The number of benzene rings is 2. The van der Waals surface area contributed by atoms with Gasteiger partial charge in [-0.05, 0) is 48.4 Å². The summed E-state index contributed by atoms with van der Waals surface area (Å²) in [4.78, 5) is 15.2. The Morgan fingerprint density at radius 1 is 1.09 bits per heavy atom. The van der Waals surface area contributed by atoms with E-state index in [0.29, 0.717) is 40.3 Å². The summed E-state index contributed by atoms with van der Waals surface area (Å²) in [6.45, 7) is 0. The highest BCUT2D eigenvalue weighted by Crippen LogP contribution is 2.31. The van der Waals surface area contributed by atoms with E-state index in [1.807, 2.05) is 24.3 Å². The first kappa shape index (κ1) is 21.6. The fraction of sp³-hybridized carbons (Fsp3) is 0.231. The van der Waals surface area contributed by atoms with Gasteiger partial charge < -0.3 is 14.3 Å². The molecule has 0 bridgehead atoms. The molecule has 1 aliphatic carbocycles. The zero-order valence-corrected chi connectivity index (χ0v) is 17.8. The maximum absolute atomic E-state index is 14.2. The van der Waals surface area contributed by atoms with Crippen LogP contribution in [0.4, 0.5) is 4.39 Å². The number of ether oxygens (including phenoxy) is 1. The van der Waals surface area contributed by atoms with Crippen LogP contribution < -0.4 is 4.74 Å². The molecule has 1 fully saturated rings. The summed E-state index contributed by atoms with van der Waals surface area (Å²) in [6.07, 6.45) is 6.61. The molecule has 1 aliphatic rings. The number of rotatable bonds is 6. The number of furan rings is 1. The summed E-state index contributed by atoms with van der Waals surface area (Å²) in [5, 5.41) is 9.74. The van der Waals surface area contributed by atoms with Crippen LogP contribution in [0.2, 0.25) is 0 Å².